The molecule has 98 valence electrons. The molecule has 0 amide bonds. The van der Waals surface area contributed by atoms with Crippen LogP contribution in [-0.2, 0) is 14.3 Å². The highest BCUT2D eigenvalue weighted by atomic mass is 16.5. The summed E-state index contributed by atoms with van der Waals surface area (Å²) < 4.78 is 4.88. The third-order valence-electron chi connectivity index (χ3n) is 2.32. The summed E-state index contributed by atoms with van der Waals surface area (Å²) in [6.45, 7) is 5.83. The van der Waals surface area contributed by atoms with Gasteiger partial charge in [-0.1, -0.05) is 6.58 Å². The molecule has 0 spiro atoms. The topological polar surface area (TPSA) is 66.8 Å². The Kier molecular flexibility index (Phi) is 7.21. The Labute approximate surface area is 102 Å². The quantitative estimate of drug-likeness (QED) is 0.511. The highest BCUT2D eigenvalue weighted by Gasteiger charge is 2.18. The molecule has 5 nitrogen and oxygen atoms in total. The Morgan fingerprint density at radius 1 is 1.35 bits per heavy atom. The number of carboxylic acid groups (broad SMARTS) is 1. The molecular weight excluding hydrogens is 222 g/mol. The lowest BCUT2D eigenvalue weighted by Gasteiger charge is -2.15. The number of carboxylic acids is 1. The van der Waals surface area contributed by atoms with Crippen LogP contribution in [0.4, 0.5) is 0 Å². The van der Waals surface area contributed by atoms with Gasteiger partial charge in [-0.15, -0.1) is 0 Å². The van der Waals surface area contributed by atoms with Crippen molar-refractivity contribution < 1.29 is 19.4 Å². The van der Waals surface area contributed by atoms with Crippen molar-refractivity contribution in [3.8, 4) is 0 Å². The van der Waals surface area contributed by atoms with Crippen LogP contribution < -0.4 is 0 Å². The van der Waals surface area contributed by atoms with Crippen molar-refractivity contribution in [2.45, 2.75) is 19.8 Å². The normalized spacial score (nSPS) is 12.2. The predicted molar refractivity (Wildman–Crippen MR) is 64.7 cm³/mol. The average molecular weight is 243 g/mol. The lowest BCUT2D eigenvalue weighted by molar-refractivity contribution is -0.145. The first kappa shape index (κ1) is 15.6. The molecule has 17 heavy (non-hydrogen) atoms. The molecule has 1 N–H and O–H groups in total. The minimum atomic E-state index is -0.849. The van der Waals surface area contributed by atoms with Crippen LogP contribution >= 0.6 is 0 Å². The molecule has 0 saturated carbocycles. The first-order valence-electron chi connectivity index (χ1n) is 5.54. The number of ether oxygens (including phenoxy) is 1. The second-order valence-corrected chi connectivity index (χ2v) is 4.33. The maximum atomic E-state index is 11.1. The summed E-state index contributed by atoms with van der Waals surface area (Å²) in [6.07, 6.45) is 0.884. The lowest BCUT2D eigenvalue weighted by Crippen LogP contribution is -2.23. The summed E-state index contributed by atoms with van der Waals surface area (Å²) in [5.41, 5.74) is 0.324. The van der Waals surface area contributed by atoms with Crippen molar-refractivity contribution in [1.29, 1.82) is 0 Å². The lowest BCUT2D eigenvalue weighted by atomic mass is 10.0. The van der Waals surface area contributed by atoms with E-state index < -0.39 is 17.9 Å². The molecule has 0 aromatic heterocycles. The SMILES string of the molecule is C=C(C)C(=O)OCCC(CCN(C)C)C(=O)O. The van der Waals surface area contributed by atoms with E-state index in [9.17, 15) is 9.59 Å². The Morgan fingerprint density at radius 2 is 1.94 bits per heavy atom. The molecule has 0 heterocycles. The molecule has 0 radical (unpaired) electrons. The number of hydrogen-bond acceptors (Lipinski definition) is 4. The number of nitrogens with zero attached hydrogens (tertiary/aromatic N) is 1. The molecule has 0 aromatic carbocycles. The first-order chi connectivity index (χ1) is 7.84. The zero-order chi connectivity index (χ0) is 13.4. The van der Waals surface area contributed by atoms with E-state index >= 15 is 0 Å². The highest BCUT2D eigenvalue weighted by Crippen LogP contribution is 2.10. The Bertz CT molecular complexity index is 286. The van der Waals surface area contributed by atoms with Crippen LogP contribution in [0.3, 0.4) is 0 Å². The van der Waals surface area contributed by atoms with E-state index in [1.807, 2.05) is 19.0 Å². The van der Waals surface area contributed by atoms with E-state index in [1.54, 1.807) is 6.92 Å². The smallest absolute Gasteiger partial charge is 0.333 e. The summed E-state index contributed by atoms with van der Waals surface area (Å²) in [5, 5.41) is 8.98. The van der Waals surface area contributed by atoms with Gasteiger partial charge < -0.3 is 14.7 Å². The van der Waals surface area contributed by atoms with Gasteiger partial charge in [-0.05, 0) is 40.4 Å². The Balaban J connectivity index is 3.97. The minimum Gasteiger partial charge on any atom is -0.481 e. The summed E-state index contributed by atoms with van der Waals surface area (Å²) in [4.78, 5) is 24.0. The van der Waals surface area contributed by atoms with Crippen molar-refractivity contribution in [3.05, 3.63) is 12.2 Å². The van der Waals surface area contributed by atoms with Crippen LogP contribution in [0, 0.1) is 5.92 Å². The van der Waals surface area contributed by atoms with Gasteiger partial charge in [0.15, 0.2) is 0 Å². The minimum absolute atomic E-state index is 0.121. The van der Waals surface area contributed by atoms with Gasteiger partial charge >= 0.3 is 11.9 Å². The largest absolute Gasteiger partial charge is 0.481 e. The molecule has 1 atom stereocenters. The molecule has 0 bridgehead atoms. The third kappa shape index (κ3) is 7.52. The predicted octanol–water partition coefficient (Wildman–Crippen LogP) is 1.15. The van der Waals surface area contributed by atoms with Gasteiger partial charge in [0.1, 0.15) is 0 Å². The van der Waals surface area contributed by atoms with Gasteiger partial charge in [0.25, 0.3) is 0 Å². The first-order valence-corrected chi connectivity index (χ1v) is 5.54. The van der Waals surface area contributed by atoms with Crippen molar-refractivity contribution in [2.75, 3.05) is 27.2 Å². The summed E-state index contributed by atoms with van der Waals surface area (Å²) in [6, 6.07) is 0. The number of aliphatic carboxylic acids is 1. The number of carbonyl (C=O) groups excluding carboxylic acids is 1. The molecule has 0 rings (SSSR count). The van der Waals surface area contributed by atoms with E-state index in [0.717, 1.165) is 0 Å². The molecule has 0 aromatic rings. The van der Waals surface area contributed by atoms with Crippen LogP contribution in [0.25, 0.3) is 0 Å². The zero-order valence-corrected chi connectivity index (χ0v) is 10.7. The van der Waals surface area contributed by atoms with Crippen LogP contribution in [0.1, 0.15) is 19.8 Å². The molecule has 0 fully saturated rings. The van der Waals surface area contributed by atoms with Crippen molar-refractivity contribution in [1.82, 2.24) is 4.90 Å². The molecule has 1 unspecified atom stereocenters. The summed E-state index contributed by atoms with van der Waals surface area (Å²) in [7, 11) is 3.78. The molecule has 0 aliphatic carbocycles. The van der Waals surface area contributed by atoms with Gasteiger partial charge in [-0.2, -0.15) is 0 Å². The molecule has 0 aliphatic heterocycles. The number of hydrogen-bond donors (Lipinski definition) is 1. The van der Waals surface area contributed by atoms with Gasteiger partial charge in [0, 0.05) is 5.57 Å². The Morgan fingerprint density at radius 3 is 2.35 bits per heavy atom. The molecule has 0 saturated heterocycles. The van der Waals surface area contributed by atoms with Crippen LogP contribution in [0.5, 0.6) is 0 Å². The number of carbonyl (C=O) groups is 2. The highest BCUT2D eigenvalue weighted by molar-refractivity contribution is 5.86. The average Bonchev–Trinajstić information content (AvgIpc) is 2.21. The van der Waals surface area contributed by atoms with Crippen molar-refractivity contribution in [2.24, 2.45) is 5.92 Å². The third-order valence-corrected chi connectivity index (χ3v) is 2.32. The summed E-state index contributed by atoms with van der Waals surface area (Å²) >= 11 is 0. The van der Waals surface area contributed by atoms with E-state index in [-0.39, 0.29) is 6.61 Å². The zero-order valence-electron chi connectivity index (χ0n) is 10.7. The van der Waals surface area contributed by atoms with Gasteiger partial charge in [0.2, 0.25) is 0 Å². The molecular formula is C12H21NO4. The van der Waals surface area contributed by atoms with E-state index in [0.29, 0.717) is 25.0 Å². The monoisotopic (exact) mass is 243 g/mol. The van der Waals surface area contributed by atoms with Crippen LogP contribution in [0.2, 0.25) is 0 Å². The van der Waals surface area contributed by atoms with Crippen LogP contribution in [-0.4, -0.2) is 49.2 Å². The fraction of sp³-hybridized carbons (Fsp3) is 0.667. The maximum Gasteiger partial charge on any atom is 0.333 e. The van der Waals surface area contributed by atoms with Gasteiger partial charge in [0.05, 0.1) is 12.5 Å². The molecule has 0 aliphatic rings. The maximum absolute atomic E-state index is 11.1. The van der Waals surface area contributed by atoms with Crippen molar-refractivity contribution in [3.63, 3.8) is 0 Å². The molecule has 5 heteroatoms. The second kappa shape index (κ2) is 7.84. The fourth-order valence-electron chi connectivity index (χ4n) is 1.22. The summed E-state index contributed by atoms with van der Waals surface area (Å²) in [5.74, 6) is -1.80. The van der Waals surface area contributed by atoms with E-state index in [1.165, 1.54) is 0 Å². The fourth-order valence-corrected chi connectivity index (χ4v) is 1.22. The number of rotatable bonds is 8. The second-order valence-electron chi connectivity index (χ2n) is 4.33. The van der Waals surface area contributed by atoms with Gasteiger partial charge in [-0.25, -0.2) is 4.79 Å². The van der Waals surface area contributed by atoms with Crippen molar-refractivity contribution >= 4 is 11.9 Å². The van der Waals surface area contributed by atoms with Gasteiger partial charge in [-0.3, -0.25) is 4.79 Å². The number of esters is 1. The van der Waals surface area contributed by atoms with E-state index in [4.69, 9.17) is 9.84 Å². The standard InChI is InChI=1S/C12H21NO4/c1-9(2)12(16)17-8-6-10(11(14)15)5-7-13(3)4/h10H,1,5-8H2,2-4H3,(H,14,15). The van der Waals surface area contributed by atoms with Crippen LogP contribution in [0.15, 0.2) is 12.2 Å². The van der Waals surface area contributed by atoms with E-state index in [2.05, 4.69) is 6.58 Å². The Hall–Kier alpha value is -1.36.